The zero-order chi connectivity index (χ0) is 23.5. The Labute approximate surface area is 186 Å². The molecule has 0 spiro atoms. The number of hydrogen-bond donors (Lipinski definition) is 3. The standard InChI is InChI=1S/C24H15N3O6/c28-22(29)16-10-4-1-7-13(16)19-20(14-8-2-5-11-17(14)23(30)31)25-27-26-21(19)15-9-3-6-12-18(15)24(32)33/h1-12H,(H,28,29)(H,30,31)(H,32,33). The van der Waals surface area contributed by atoms with Crippen molar-refractivity contribution in [1.82, 2.24) is 15.4 Å². The Morgan fingerprint density at radius 1 is 0.515 bits per heavy atom. The van der Waals surface area contributed by atoms with Crippen molar-refractivity contribution in [1.29, 1.82) is 0 Å². The number of carbonyl (C=O) groups is 3. The SMILES string of the molecule is O=C(O)c1ccccc1-c1nnnc(-c2ccccc2C(=O)O)c1-c1ccccc1C(=O)O. The molecule has 0 saturated carbocycles. The van der Waals surface area contributed by atoms with Crippen LogP contribution in [0.3, 0.4) is 0 Å². The number of carboxylic acids is 3. The van der Waals surface area contributed by atoms with E-state index in [1.807, 2.05) is 0 Å². The Bertz CT molecular complexity index is 1340. The largest absolute Gasteiger partial charge is 0.478 e. The van der Waals surface area contributed by atoms with Gasteiger partial charge in [0.25, 0.3) is 0 Å². The van der Waals surface area contributed by atoms with Crippen molar-refractivity contribution in [2.45, 2.75) is 0 Å². The van der Waals surface area contributed by atoms with Crippen LogP contribution in [0, 0.1) is 0 Å². The third kappa shape index (κ3) is 3.90. The fourth-order valence-electron chi connectivity index (χ4n) is 3.60. The van der Waals surface area contributed by atoms with Gasteiger partial charge in [-0.25, -0.2) is 14.4 Å². The maximum atomic E-state index is 12.0. The molecule has 1 heterocycles. The van der Waals surface area contributed by atoms with E-state index in [4.69, 9.17) is 0 Å². The van der Waals surface area contributed by atoms with Crippen LogP contribution in [0.5, 0.6) is 0 Å². The van der Waals surface area contributed by atoms with Crippen LogP contribution in [0.25, 0.3) is 33.6 Å². The van der Waals surface area contributed by atoms with Crippen molar-refractivity contribution in [2.24, 2.45) is 0 Å². The van der Waals surface area contributed by atoms with Crippen LogP contribution >= 0.6 is 0 Å². The first-order chi connectivity index (χ1) is 15.9. The number of aromatic nitrogens is 3. The van der Waals surface area contributed by atoms with Crippen LogP contribution < -0.4 is 0 Å². The molecule has 4 rings (SSSR count). The van der Waals surface area contributed by atoms with E-state index in [0.717, 1.165) is 0 Å². The average Bonchev–Trinajstić information content (AvgIpc) is 2.83. The Morgan fingerprint density at radius 2 is 0.848 bits per heavy atom. The molecule has 9 nitrogen and oxygen atoms in total. The third-order valence-electron chi connectivity index (χ3n) is 5.02. The molecule has 0 fully saturated rings. The summed E-state index contributed by atoms with van der Waals surface area (Å²) in [6, 6.07) is 18.2. The molecular weight excluding hydrogens is 426 g/mol. The number of benzene rings is 3. The number of carboxylic acid groups (broad SMARTS) is 3. The Hall–Kier alpha value is -4.92. The fourth-order valence-corrected chi connectivity index (χ4v) is 3.60. The maximum absolute atomic E-state index is 12.0. The monoisotopic (exact) mass is 441 g/mol. The second-order valence-electron chi connectivity index (χ2n) is 6.91. The van der Waals surface area contributed by atoms with Crippen molar-refractivity contribution >= 4 is 17.9 Å². The van der Waals surface area contributed by atoms with Gasteiger partial charge in [-0.3, -0.25) is 0 Å². The van der Waals surface area contributed by atoms with E-state index >= 15 is 0 Å². The van der Waals surface area contributed by atoms with E-state index in [-0.39, 0.29) is 50.3 Å². The summed E-state index contributed by atoms with van der Waals surface area (Å²) in [5.41, 5.74) is 0.597. The molecule has 0 saturated heterocycles. The summed E-state index contributed by atoms with van der Waals surface area (Å²) in [5, 5.41) is 41.1. The topological polar surface area (TPSA) is 151 Å². The summed E-state index contributed by atoms with van der Waals surface area (Å²) in [5.74, 6) is -3.65. The normalized spacial score (nSPS) is 10.5. The van der Waals surface area contributed by atoms with Crippen molar-refractivity contribution in [3.05, 3.63) is 89.5 Å². The number of nitrogens with zero attached hydrogens (tertiary/aromatic N) is 3. The molecule has 162 valence electrons. The molecule has 0 aliphatic rings. The van der Waals surface area contributed by atoms with Gasteiger partial charge in [-0.1, -0.05) is 54.6 Å². The highest BCUT2D eigenvalue weighted by atomic mass is 16.4. The number of hydrogen-bond acceptors (Lipinski definition) is 6. The smallest absolute Gasteiger partial charge is 0.336 e. The van der Waals surface area contributed by atoms with E-state index in [1.165, 1.54) is 36.4 Å². The molecule has 4 aromatic rings. The third-order valence-corrected chi connectivity index (χ3v) is 5.02. The average molecular weight is 441 g/mol. The van der Waals surface area contributed by atoms with Gasteiger partial charge in [-0.05, 0) is 23.4 Å². The van der Waals surface area contributed by atoms with Gasteiger partial charge in [-0.2, -0.15) is 0 Å². The van der Waals surface area contributed by atoms with Gasteiger partial charge in [0.1, 0.15) is 11.4 Å². The molecule has 0 aliphatic carbocycles. The highest BCUT2D eigenvalue weighted by molar-refractivity contribution is 6.06. The molecule has 0 aliphatic heterocycles. The van der Waals surface area contributed by atoms with Gasteiger partial charge in [0.2, 0.25) is 0 Å². The van der Waals surface area contributed by atoms with Gasteiger partial charge >= 0.3 is 17.9 Å². The first-order valence-corrected chi connectivity index (χ1v) is 9.61. The van der Waals surface area contributed by atoms with E-state index < -0.39 is 17.9 Å². The van der Waals surface area contributed by atoms with E-state index in [1.54, 1.807) is 36.4 Å². The van der Waals surface area contributed by atoms with Gasteiger partial charge in [-0.15, -0.1) is 10.2 Å². The van der Waals surface area contributed by atoms with Crippen molar-refractivity contribution in [3.63, 3.8) is 0 Å². The first-order valence-electron chi connectivity index (χ1n) is 9.61. The predicted octanol–water partition coefficient (Wildman–Crippen LogP) is 3.97. The Balaban J connectivity index is 2.17. The lowest BCUT2D eigenvalue weighted by Gasteiger charge is -2.16. The zero-order valence-electron chi connectivity index (χ0n) is 16.8. The van der Waals surface area contributed by atoms with Crippen molar-refractivity contribution in [3.8, 4) is 33.6 Å². The summed E-state index contributed by atoms with van der Waals surface area (Å²) in [6.45, 7) is 0. The molecule has 0 unspecified atom stereocenters. The maximum Gasteiger partial charge on any atom is 0.336 e. The summed E-state index contributed by atoms with van der Waals surface area (Å²) in [4.78, 5) is 35.8. The number of aromatic carboxylic acids is 3. The fraction of sp³-hybridized carbons (Fsp3) is 0. The molecule has 0 atom stereocenters. The minimum absolute atomic E-state index is 0.0619. The highest BCUT2D eigenvalue weighted by Gasteiger charge is 2.26. The second kappa shape index (κ2) is 8.67. The van der Waals surface area contributed by atoms with E-state index in [0.29, 0.717) is 0 Å². The summed E-state index contributed by atoms with van der Waals surface area (Å²) >= 11 is 0. The zero-order valence-corrected chi connectivity index (χ0v) is 16.8. The van der Waals surface area contributed by atoms with Gasteiger partial charge in [0.05, 0.1) is 16.7 Å². The predicted molar refractivity (Wildman–Crippen MR) is 117 cm³/mol. The molecule has 33 heavy (non-hydrogen) atoms. The van der Waals surface area contributed by atoms with Gasteiger partial charge in [0.15, 0.2) is 0 Å². The molecule has 0 radical (unpaired) electrons. The minimum atomic E-state index is -1.22. The molecule has 3 aromatic carbocycles. The molecular formula is C24H15N3O6. The van der Waals surface area contributed by atoms with Crippen LogP contribution in [0.4, 0.5) is 0 Å². The lowest BCUT2D eigenvalue weighted by atomic mass is 9.89. The van der Waals surface area contributed by atoms with Crippen molar-refractivity contribution < 1.29 is 29.7 Å². The minimum Gasteiger partial charge on any atom is -0.478 e. The van der Waals surface area contributed by atoms with Crippen LogP contribution in [0.15, 0.2) is 72.8 Å². The summed E-state index contributed by atoms with van der Waals surface area (Å²) in [7, 11) is 0. The lowest BCUT2D eigenvalue weighted by molar-refractivity contribution is 0.0686. The van der Waals surface area contributed by atoms with Crippen LogP contribution in [0.1, 0.15) is 31.1 Å². The Morgan fingerprint density at radius 3 is 1.24 bits per heavy atom. The molecule has 1 aromatic heterocycles. The lowest BCUT2D eigenvalue weighted by Crippen LogP contribution is -2.08. The second-order valence-corrected chi connectivity index (χ2v) is 6.91. The first kappa shape index (κ1) is 21.3. The van der Waals surface area contributed by atoms with Gasteiger partial charge in [0, 0.05) is 22.3 Å². The van der Waals surface area contributed by atoms with Crippen LogP contribution in [0.2, 0.25) is 0 Å². The summed E-state index contributed by atoms with van der Waals surface area (Å²) < 4.78 is 0. The van der Waals surface area contributed by atoms with Gasteiger partial charge < -0.3 is 15.3 Å². The summed E-state index contributed by atoms with van der Waals surface area (Å²) in [6.07, 6.45) is 0. The molecule has 3 N–H and O–H groups in total. The Kier molecular flexibility index (Phi) is 5.60. The molecule has 9 heteroatoms. The molecule has 0 amide bonds. The van der Waals surface area contributed by atoms with Crippen molar-refractivity contribution in [2.75, 3.05) is 0 Å². The van der Waals surface area contributed by atoms with E-state index in [9.17, 15) is 29.7 Å². The number of rotatable bonds is 6. The van der Waals surface area contributed by atoms with Crippen LogP contribution in [-0.4, -0.2) is 48.6 Å². The van der Waals surface area contributed by atoms with Crippen LogP contribution in [-0.2, 0) is 0 Å². The highest BCUT2D eigenvalue weighted by Crippen LogP contribution is 2.40. The quantitative estimate of drug-likeness (QED) is 0.404. The van der Waals surface area contributed by atoms with E-state index in [2.05, 4.69) is 15.4 Å². The molecule has 0 bridgehead atoms.